The zero-order valence-electron chi connectivity index (χ0n) is 11.7. The number of benzene rings is 2. The SMILES string of the molecule is CCOc1ccc(C(O)c2c(C)cccc2C)cc1. The molecule has 100 valence electrons. The Labute approximate surface area is 114 Å². The van der Waals surface area contributed by atoms with Gasteiger partial charge in [0.2, 0.25) is 0 Å². The highest BCUT2D eigenvalue weighted by molar-refractivity contribution is 5.41. The minimum atomic E-state index is -0.586. The monoisotopic (exact) mass is 256 g/mol. The van der Waals surface area contributed by atoms with E-state index in [1.807, 2.05) is 63.2 Å². The van der Waals surface area contributed by atoms with Gasteiger partial charge >= 0.3 is 0 Å². The summed E-state index contributed by atoms with van der Waals surface area (Å²) in [6.45, 7) is 6.67. The van der Waals surface area contributed by atoms with Crippen LogP contribution < -0.4 is 4.74 Å². The van der Waals surface area contributed by atoms with Crippen LogP contribution in [0.5, 0.6) is 5.75 Å². The molecule has 0 radical (unpaired) electrons. The molecule has 0 aromatic heterocycles. The van der Waals surface area contributed by atoms with Crippen molar-refractivity contribution in [2.45, 2.75) is 26.9 Å². The highest BCUT2D eigenvalue weighted by Crippen LogP contribution is 2.28. The topological polar surface area (TPSA) is 29.5 Å². The van der Waals surface area contributed by atoms with E-state index in [0.717, 1.165) is 28.0 Å². The summed E-state index contributed by atoms with van der Waals surface area (Å²) < 4.78 is 5.41. The van der Waals surface area contributed by atoms with Crippen LogP contribution in [-0.2, 0) is 0 Å². The third-order valence-electron chi connectivity index (χ3n) is 3.32. The molecule has 0 amide bonds. The Morgan fingerprint density at radius 2 is 1.58 bits per heavy atom. The maximum absolute atomic E-state index is 10.5. The van der Waals surface area contributed by atoms with Crippen LogP contribution in [0.1, 0.15) is 35.3 Å². The molecule has 0 saturated heterocycles. The van der Waals surface area contributed by atoms with Crippen LogP contribution >= 0.6 is 0 Å². The van der Waals surface area contributed by atoms with Gasteiger partial charge in [0.25, 0.3) is 0 Å². The van der Waals surface area contributed by atoms with Gasteiger partial charge in [-0.1, -0.05) is 30.3 Å². The van der Waals surface area contributed by atoms with Crippen molar-refractivity contribution in [1.29, 1.82) is 0 Å². The predicted molar refractivity (Wildman–Crippen MR) is 77.6 cm³/mol. The van der Waals surface area contributed by atoms with Crippen molar-refractivity contribution < 1.29 is 9.84 Å². The summed E-state index contributed by atoms with van der Waals surface area (Å²) in [5.74, 6) is 0.833. The van der Waals surface area contributed by atoms with E-state index in [2.05, 4.69) is 0 Å². The first-order valence-electron chi connectivity index (χ1n) is 6.60. The summed E-state index contributed by atoms with van der Waals surface area (Å²) in [6.07, 6.45) is -0.586. The van der Waals surface area contributed by atoms with Gasteiger partial charge in [-0.15, -0.1) is 0 Å². The molecule has 1 unspecified atom stereocenters. The summed E-state index contributed by atoms with van der Waals surface area (Å²) in [4.78, 5) is 0. The molecule has 2 aromatic carbocycles. The van der Waals surface area contributed by atoms with Crippen molar-refractivity contribution in [2.75, 3.05) is 6.61 Å². The number of aryl methyl sites for hydroxylation is 2. The third kappa shape index (κ3) is 2.96. The molecule has 2 nitrogen and oxygen atoms in total. The predicted octanol–water partition coefficient (Wildman–Crippen LogP) is 3.78. The normalized spacial score (nSPS) is 12.2. The molecule has 2 aromatic rings. The molecule has 1 atom stereocenters. The second-order valence-corrected chi connectivity index (χ2v) is 4.71. The second-order valence-electron chi connectivity index (χ2n) is 4.71. The van der Waals surface area contributed by atoms with Crippen LogP contribution in [0.4, 0.5) is 0 Å². The van der Waals surface area contributed by atoms with Gasteiger partial charge in [-0.2, -0.15) is 0 Å². The number of hydrogen-bond acceptors (Lipinski definition) is 2. The molecular formula is C17H20O2. The second kappa shape index (κ2) is 5.89. The average molecular weight is 256 g/mol. The lowest BCUT2D eigenvalue weighted by Gasteiger charge is -2.17. The molecule has 2 heteroatoms. The molecule has 0 aliphatic rings. The van der Waals surface area contributed by atoms with Gasteiger partial charge in [0.05, 0.1) is 6.61 Å². The molecular weight excluding hydrogens is 236 g/mol. The Morgan fingerprint density at radius 3 is 2.11 bits per heavy atom. The Morgan fingerprint density at radius 1 is 1.00 bits per heavy atom. The van der Waals surface area contributed by atoms with Gasteiger partial charge in [-0.05, 0) is 55.2 Å². The van der Waals surface area contributed by atoms with Crippen LogP contribution in [0.2, 0.25) is 0 Å². The molecule has 0 fully saturated rings. The van der Waals surface area contributed by atoms with E-state index < -0.39 is 6.10 Å². The number of aliphatic hydroxyl groups is 1. The smallest absolute Gasteiger partial charge is 0.119 e. The lowest BCUT2D eigenvalue weighted by Crippen LogP contribution is -2.04. The zero-order chi connectivity index (χ0) is 13.8. The van der Waals surface area contributed by atoms with Crippen LogP contribution in [-0.4, -0.2) is 11.7 Å². The maximum atomic E-state index is 10.5. The lowest BCUT2D eigenvalue weighted by atomic mass is 9.93. The quantitative estimate of drug-likeness (QED) is 0.902. The van der Waals surface area contributed by atoms with Gasteiger partial charge in [-0.25, -0.2) is 0 Å². The van der Waals surface area contributed by atoms with E-state index in [0.29, 0.717) is 6.61 Å². The number of rotatable bonds is 4. The molecule has 0 saturated carbocycles. The molecule has 19 heavy (non-hydrogen) atoms. The summed E-state index contributed by atoms with van der Waals surface area (Å²) in [5.41, 5.74) is 4.11. The number of hydrogen-bond donors (Lipinski definition) is 1. The van der Waals surface area contributed by atoms with Crippen molar-refractivity contribution in [3.8, 4) is 5.75 Å². The highest BCUT2D eigenvalue weighted by Gasteiger charge is 2.15. The average Bonchev–Trinajstić information content (AvgIpc) is 2.39. The van der Waals surface area contributed by atoms with Gasteiger partial charge in [0, 0.05) is 0 Å². The molecule has 0 bridgehead atoms. The summed E-state index contributed by atoms with van der Waals surface area (Å²) in [5, 5.41) is 10.5. The maximum Gasteiger partial charge on any atom is 0.119 e. The van der Waals surface area contributed by atoms with E-state index in [9.17, 15) is 5.11 Å². The van der Waals surface area contributed by atoms with E-state index >= 15 is 0 Å². The summed E-state index contributed by atoms with van der Waals surface area (Å²) >= 11 is 0. The Bertz CT molecular complexity index is 523. The minimum absolute atomic E-state index is 0.586. The zero-order valence-corrected chi connectivity index (χ0v) is 11.7. The number of ether oxygens (including phenoxy) is 1. The van der Waals surface area contributed by atoms with Crippen LogP contribution in [0.25, 0.3) is 0 Å². The standard InChI is InChI=1S/C17H20O2/c1-4-19-15-10-8-14(9-11-15)17(18)16-12(2)6-5-7-13(16)3/h5-11,17-18H,4H2,1-3H3. The first-order chi connectivity index (χ1) is 9.13. The van der Waals surface area contributed by atoms with Crippen molar-refractivity contribution in [3.63, 3.8) is 0 Å². The molecule has 0 aliphatic heterocycles. The highest BCUT2D eigenvalue weighted by atomic mass is 16.5. The van der Waals surface area contributed by atoms with Crippen molar-refractivity contribution >= 4 is 0 Å². The molecule has 0 spiro atoms. The lowest BCUT2D eigenvalue weighted by molar-refractivity contribution is 0.218. The first kappa shape index (κ1) is 13.6. The summed E-state index contributed by atoms with van der Waals surface area (Å²) in [6, 6.07) is 13.7. The molecule has 0 aliphatic carbocycles. The third-order valence-corrected chi connectivity index (χ3v) is 3.32. The Balaban J connectivity index is 2.31. The van der Waals surface area contributed by atoms with Crippen molar-refractivity contribution in [2.24, 2.45) is 0 Å². The largest absolute Gasteiger partial charge is 0.494 e. The Kier molecular flexibility index (Phi) is 4.23. The van der Waals surface area contributed by atoms with E-state index in [1.54, 1.807) is 0 Å². The van der Waals surface area contributed by atoms with Crippen LogP contribution in [0.3, 0.4) is 0 Å². The fourth-order valence-electron chi connectivity index (χ4n) is 2.34. The van der Waals surface area contributed by atoms with Gasteiger partial charge in [-0.3, -0.25) is 0 Å². The number of aliphatic hydroxyl groups excluding tert-OH is 1. The van der Waals surface area contributed by atoms with E-state index in [4.69, 9.17) is 4.74 Å². The summed E-state index contributed by atoms with van der Waals surface area (Å²) in [7, 11) is 0. The Hall–Kier alpha value is -1.80. The van der Waals surface area contributed by atoms with Crippen molar-refractivity contribution in [3.05, 3.63) is 64.7 Å². The van der Waals surface area contributed by atoms with E-state index in [-0.39, 0.29) is 0 Å². The van der Waals surface area contributed by atoms with Gasteiger partial charge < -0.3 is 9.84 Å². The van der Waals surface area contributed by atoms with Gasteiger partial charge in [0.1, 0.15) is 11.9 Å². The fourth-order valence-corrected chi connectivity index (χ4v) is 2.34. The van der Waals surface area contributed by atoms with E-state index in [1.165, 1.54) is 0 Å². The molecule has 2 rings (SSSR count). The van der Waals surface area contributed by atoms with Crippen molar-refractivity contribution in [1.82, 2.24) is 0 Å². The molecule has 1 N–H and O–H groups in total. The minimum Gasteiger partial charge on any atom is -0.494 e. The van der Waals surface area contributed by atoms with Crippen LogP contribution in [0, 0.1) is 13.8 Å². The first-order valence-corrected chi connectivity index (χ1v) is 6.60. The van der Waals surface area contributed by atoms with Crippen LogP contribution in [0.15, 0.2) is 42.5 Å². The molecule has 0 heterocycles. The van der Waals surface area contributed by atoms with Gasteiger partial charge in [0.15, 0.2) is 0 Å². The fraction of sp³-hybridized carbons (Fsp3) is 0.294.